The third kappa shape index (κ3) is 2.37. The van der Waals surface area contributed by atoms with Crippen molar-refractivity contribution < 1.29 is 9.59 Å². The van der Waals surface area contributed by atoms with Crippen LogP contribution in [0.15, 0.2) is 70.5 Å². The lowest BCUT2D eigenvalue weighted by atomic mass is 9.63. The SMILES string of the molecule is O=C1C2C3C=CC(C4CC34)C2C(=O)N1c1ccc(Sc2ccc(Cl)cc2)cc1. The average Bonchev–Trinajstić information content (AvgIpc) is 3.49. The molecule has 140 valence electrons. The van der Waals surface area contributed by atoms with E-state index < -0.39 is 0 Å². The molecule has 2 bridgehead atoms. The molecule has 0 radical (unpaired) electrons. The summed E-state index contributed by atoms with van der Waals surface area (Å²) in [4.78, 5) is 29.9. The van der Waals surface area contributed by atoms with Crippen LogP contribution in [0.25, 0.3) is 0 Å². The van der Waals surface area contributed by atoms with Crippen LogP contribution < -0.4 is 4.90 Å². The Kier molecular flexibility index (Phi) is 3.60. The Balaban J connectivity index is 1.26. The summed E-state index contributed by atoms with van der Waals surface area (Å²) in [5.41, 5.74) is 0.693. The van der Waals surface area contributed by atoms with Gasteiger partial charge in [-0.05, 0) is 78.6 Å². The zero-order valence-electron chi connectivity index (χ0n) is 15.0. The third-order valence-electron chi connectivity index (χ3n) is 6.81. The molecule has 5 aliphatic rings. The molecular weight excluding hydrogens is 390 g/mol. The van der Waals surface area contributed by atoms with E-state index in [-0.39, 0.29) is 35.5 Å². The lowest BCUT2D eigenvalue weighted by molar-refractivity contribution is -0.124. The molecule has 2 saturated carbocycles. The van der Waals surface area contributed by atoms with Gasteiger partial charge in [-0.15, -0.1) is 0 Å². The number of carbonyl (C=O) groups excluding carboxylic acids is 2. The standard InChI is InChI=1S/C23H18ClNO2S/c24-12-1-5-14(6-2-12)28-15-7-3-13(4-8-15)25-22(26)20-16-9-10-17(19-11-18(16)19)21(20)23(25)27/h1-10,16-21H,11H2. The van der Waals surface area contributed by atoms with Crippen molar-refractivity contribution in [1.82, 2.24) is 0 Å². The molecule has 28 heavy (non-hydrogen) atoms. The van der Waals surface area contributed by atoms with Gasteiger partial charge in [-0.1, -0.05) is 35.5 Å². The normalized spacial score (nSPS) is 34.5. The van der Waals surface area contributed by atoms with E-state index in [2.05, 4.69) is 12.2 Å². The van der Waals surface area contributed by atoms with Crippen LogP contribution in [0.5, 0.6) is 0 Å². The smallest absolute Gasteiger partial charge is 0.238 e. The lowest BCUT2D eigenvalue weighted by Gasteiger charge is -2.37. The van der Waals surface area contributed by atoms with Crippen LogP contribution in [-0.4, -0.2) is 11.8 Å². The van der Waals surface area contributed by atoms with Crippen molar-refractivity contribution in [1.29, 1.82) is 0 Å². The maximum Gasteiger partial charge on any atom is 0.238 e. The predicted molar refractivity (Wildman–Crippen MR) is 109 cm³/mol. The number of allylic oxidation sites excluding steroid dienone is 2. The number of halogens is 1. The second-order valence-corrected chi connectivity index (χ2v) is 9.80. The number of nitrogens with zero attached hydrogens (tertiary/aromatic N) is 1. The van der Waals surface area contributed by atoms with Crippen molar-refractivity contribution in [3.05, 3.63) is 65.7 Å². The summed E-state index contributed by atoms with van der Waals surface area (Å²) in [6, 6.07) is 15.4. The van der Waals surface area contributed by atoms with Gasteiger partial charge in [-0.3, -0.25) is 14.5 Å². The third-order valence-corrected chi connectivity index (χ3v) is 8.07. The minimum atomic E-state index is -0.144. The van der Waals surface area contributed by atoms with Crippen molar-refractivity contribution in [2.75, 3.05) is 4.90 Å². The van der Waals surface area contributed by atoms with E-state index in [9.17, 15) is 9.59 Å². The maximum absolute atomic E-state index is 13.2. The molecule has 2 aromatic carbocycles. The van der Waals surface area contributed by atoms with Crippen LogP contribution in [0.4, 0.5) is 5.69 Å². The first-order valence-corrected chi connectivity index (χ1v) is 10.9. The van der Waals surface area contributed by atoms with Gasteiger partial charge in [0.2, 0.25) is 11.8 Å². The molecule has 1 aliphatic heterocycles. The van der Waals surface area contributed by atoms with Crippen LogP contribution in [0.2, 0.25) is 5.02 Å². The molecule has 4 aliphatic carbocycles. The monoisotopic (exact) mass is 407 g/mol. The van der Waals surface area contributed by atoms with Gasteiger partial charge in [0.15, 0.2) is 0 Å². The topological polar surface area (TPSA) is 37.4 Å². The van der Waals surface area contributed by atoms with E-state index in [1.165, 1.54) is 11.3 Å². The fourth-order valence-corrected chi connectivity index (χ4v) is 6.46. The molecule has 3 nitrogen and oxygen atoms in total. The van der Waals surface area contributed by atoms with Crippen LogP contribution in [0.1, 0.15) is 6.42 Å². The minimum Gasteiger partial charge on any atom is -0.274 e. The summed E-state index contributed by atoms with van der Waals surface area (Å²) in [5.74, 6) is 1.50. The first kappa shape index (κ1) is 16.9. The molecule has 2 aromatic rings. The highest BCUT2D eigenvalue weighted by atomic mass is 35.5. The molecule has 1 heterocycles. The first-order chi connectivity index (χ1) is 13.6. The fourth-order valence-electron chi connectivity index (χ4n) is 5.51. The van der Waals surface area contributed by atoms with Crippen LogP contribution in [0, 0.1) is 35.5 Å². The van der Waals surface area contributed by atoms with E-state index in [4.69, 9.17) is 11.6 Å². The van der Waals surface area contributed by atoms with Crippen molar-refractivity contribution in [2.45, 2.75) is 16.2 Å². The van der Waals surface area contributed by atoms with Crippen LogP contribution in [0.3, 0.4) is 0 Å². The highest BCUT2D eigenvalue weighted by Gasteiger charge is 2.67. The number of amides is 2. The van der Waals surface area contributed by atoms with Crippen LogP contribution >= 0.6 is 23.4 Å². The Morgan fingerprint density at radius 2 is 1.29 bits per heavy atom. The lowest BCUT2D eigenvalue weighted by Crippen LogP contribution is -2.40. The zero-order chi connectivity index (χ0) is 19.0. The molecule has 5 heteroatoms. The summed E-state index contributed by atoms with van der Waals surface area (Å²) < 4.78 is 0. The number of anilines is 1. The van der Waals surface area contributed by atoms with E-state index in [1.54, 1.807) is 11.8 Å². The summed E-state index contributed by atoms with van der Waals surface area (Å²) in [5, 5.41) is 0.716. The summed E-state index contributed by atoms with van der Waals surface area (Å²) in [6.07, 6.45) is 5.60. The molecular formula is C23H18ClNO2S. The molecule has 6 unspecified atom stereocenters. The molecule has 3 fully saturated rings. The average molecular weight is 408 g/mol. The van der Waals surface area contributed by atoms with E-state index in [1.807, 2.05) is 48.5 Å². The number of hydrogen-bond acceptors (Lipinski definition) is 3. The van der Waals surface area contributed by atoms with Gasteiger partial charge in [0.25, 0.3) is 0 Å². The van der Waals surface area contributed by atoms with Gasteiger partial charge < -0.3 is 0 Å². The number of hydrogen-bond donors (Lipinski definition) is 0. The Hall–Kier alpha value is -2.04. The van der Waals surface area contributed by atoms with Gasteiger partial charge in [0, 0.05) is 14.8 Å². The second kappa shape index (κ2) is 5.98. The largest absolute Gasteiger partial charge is 0.274 e. The number of rotatable bonds is 3. The Bertz CT molecular complexity index is 980. The molecule has 0 spiro atoms. The fraction of sp³-hybridized carbons (Fsp3) is 0.304. The molecule has 1 saturated heterocycles. The van der Waals surface area contributed by atoms with Crippen molar-refractivity contribution in [3.8, 4) is 0 Å². The Morgan fingerprint density at radius 1 is 0.786 bits per heavy atom. The number of imide groups is 1. The predicted octanol–water partition coefficient (Wildman–Crippen LogP) is 5.05. The highest BCUT2D eigenvalue weighted by molar-refractivity contribution is 7.99. The molecule has 0 N–H and O–H groups in total. The Morgan fingerprint density at radius 3 is 1.82 bits per heavy atom. The van der Waals surface area contributed by atoms with E-state index in [0.717, 1.165) is 9.79 Å². The van der Waals surface area contributed by atoms with Crippen molar-refractivity contribution >= 4 is 40.9 Å². The highest BCUT2D eigenvalue weighted by Crippen LogP contribution is 2.65. The van der Waals surface area contributed by atoms with Crippen molar-refractivity contribution in [2.24, 2.45) is 35.5 Å². The van der Waals surface area contributed by atoms with Gasteiger partial charge in [-0.25, -0.2) is 0 Å². The van der Waals surface area contributed by atoms with Gasteiger partial charge in [0.05, 0.1) is 17.5 Å². The molecule has 0 aromatic heterocycles. The zero-order valence-corrected chi connectivity index (χ0v) is 16.6. The van der Waals surface area contributed by atoms with Crippen molar-refractivity contribution in [3.63, 3.8) is 0 Å². The minimum absolute atomic E-state index is 0.00203. The second-order valence-electron chi connectivity index (χ2n) is 8.22. The Labute approximate surface area is 172 Å². The van der Waals surface area contributed by atoms with Gasteiger partial charge in [0.1, 0.15) is 0 Å². The number of carbonyl (C=O) groups is 2. The van der Waals surface area contributed by atoms with E-state index >= 15 is 0 Å². The molecule has 6 atom stereocenters. The number of benzene rings is 2. The molecule has 7 rings (SSSR count). The molecule has 2 amide bonds. The summed E-state index contributed by atoms with van der Waals surface area (Å²) >= 11 is 7.57. The van der Waals surface area contributed by atoms with E-state index in [0.29, 0.717) is 22.5 Å². The summed E-state index contributed by atoms with van der Waals surface area (Å²) in [6.45, 7) is 0. The maximum atomic E-state index is 13.2. The van der Waals surface area contributed by atoms with Crippen LogP contribution in [-0.2, 0) is 9.59 Å². The quantitative estimate of drug-likeness (QED) is 0.527. The van der Waals surface area contributed by atoms with Gasteiger partial charge in [-0.2, -0.15) is 0 Å². The summed E-state index contributed by atoms with van der Waals surface area (Å²) in [7, 11) is 0. The first-order valence-electron chi connectivity index (χ1n) is 9.71. The van der Waals surface area contributed by atoms with Gasteiger partial charge >= 0.3 is 0 Å².